The standard InChI is InChI=1S/C15H16N2O3/c18-15(19)13-8-10-4-1-2-6-12(10)14(17-13)16-11-5-3-7-20-9-11/h1-2,4,6,8,11H,3,5,7,9H2,(H,16,17)(H,18,19). The molecule has 1 aliphatic heterocycles. The number of aromatic carboxylic acids is 1. The molecule has 1 saturated heterocycles. The number of nitrogens with zero attached hydrogens (tertiary/aromatic N) is 1. The number of hydrogen-bond donors (Lipinski definition) is 2. The molecule has 1 fully saturated rings. The quantitative estimate of drug-likeness (QED) is 0.898. The summed E-state index contributed by atoms with van der Waals surface area (Å²) >= 11 is 0. The first kappa shape index (κ1) is 12.9. The summed E-state index contributed by atoms with van der Waals surface area (Å²) in [7, 11) is 0. The number of ether oxygens (including phenoxy) is 1. The third kappa shape index (κ3) is 2.58. The van der Waals surface area contributed by atoms with Crippen molar-refractivity contribution in [3.8, 4) is 0 Å². The topological polar surface area (TPSA) is 71.5 Å². The number of carboxylic acids is 1. The summed E-state index contributed by atoms with van der Waals surface area (Å²) in [6.45, 7) is 1.43. The minimum Gasteiger partial charge on any atom is -0.477 e. The molecular formula is C15H16N2O3. The average Bonchev–Trinajstić information content (AvgIpc) is 2.48. The molecule has 1 aromatic heterocycles. The van der Waals surface area contributed by atoms with Crippen LogP contribution in [-0.2, 0) is 4.74 Å². The first-order valence-corrected chi connectivity index (χ1v) is 6.71. The van der Waals surface area contributed by atoms with E-state index in [1.54, 1.807) is 6.07 Å². The second-order valence-corrected chi connectivity index (χ2v) is 4.94. The summed E-state index contributed by atoms with van der Waals surface area (Å²) in [5.41, 5.74) is 0.0583. The number of carboxylic acid groups (broad SMARTS) is 1. The molecule has 3 rings (SSSR count). The molecule has 0 amide bonds. The van der Waals surface area contributed by atoms with Crippen molar-refractivity contribution in [2.45, 2.75) is 18.9 Å². The third-order valence-electron chi connectivity index (χ3n) is 3.46. The molecule has 0 saturated carbocycles. The van der Waals surface area contributed by atoms with E-state index in [0.29, 0.717) is 12.4 Å². The molecule has 104 valence electrons. The van der Waals surface area contributed by atoms with Crippen molar-refractivity contribution in [2.75, 3.05) is 18.5 Å². The van der Waals surface area contributed by atoms with E-state index in [9.17, 15) is 4.79 Å². The van der Waals surface area contributed by atoms with E-state index in [1.165, 1.54) is 0 Å². The van der Waals surface area contributed by atoms with Crippen LogP contribution in [0.3, 0.4) is 0 Å². The van der Waals surface area contributed by atoms with Gasteiger partial charge in [-0.25, -0.2) is 9.78 Å². The van der Waals surface area contributed by atoms with Crippen molar-refractivity contribution in [1.29, 1.82) is 0 Å². The van der Waals surface area contributed by atoms with Gasteiger partial charge in [-0.3, -0.25) is 0 Å². The summed E-state index contributed by atoms with van der Waals surface area (Å²) in [6.07, 6.45) is 2.02. The van der Waals surface area contributed by atoms with Crippen LogP contribution in [0.25, 0.3) is 10.8 Å². The molecular weight excluding hydrogens is 256 g/mol. The number of nitrogens with one attached hydrogen (secondary N) is 1. The van der Waals surface area contributed by atoms with Crippen LogP contribution in [0.1, 0.15) is 23.3 Å². The first-order valence-electron chi connectivity index (χ1n) is 6.71. The fourth-order valence-corrected chi connectivity index (χ4v) is 2.47. The lowest BCUT2D eigenvalue weighted by Crippen LogP contribution is -2.30. The van der Waals surface area contributed by atoms with Crippen molar-refractivity contribution in [3.05, 3.63) is 36.0 Å². The normalized spacial score (nSPS) is 18.9. The Morgan fingerprint density at radius 3 is 3.00 bits per heavy atom. The zero-order valence-corrected chi connectivity index (χ0v) is 11.0. The van der Waals surface area contributed by atoms with E-state index in [0.717, 1.165) is 30.2 Å². The van der Waals surface area contributed by atoms with Crippen LogP contribution in [0.5, 0.6) is 0 Å². The summed E-state index contributed by atoms with van der Waals surface area (Å²) < 4.78 is 5.44. The minimum atomic E-state index is -1.02. The second kappa shape index (κ2) is 5.46. The monoisotopic (exact) mass is 272 g/mol. The van der Waals surface area contributed by atoms with Gasteiger partial charge in [0.2, 0.25) is 0 Å². The van der Waals surface area contributed by atoms with Crippen LogP contribution in [-0.4, -0.2) is 35.3 Å². The van der Waals surface area contributed by atoms with E-state index >= 15 is 0 Å². The van der Waals surface area contributed by atoms with Crippen molar-refractivity contribution in [3.63, 3.8) is 0 Å². The van der Waals surface area contributed by atoms with E-state index < -0.39 is 5.97 Å². The Hall–Kier alpha value is -2.14. The Morgan fingerprint density at radius 1 is 1.40 bits per heavy atom. The van der Waals surface area contributed by atoms with Gasteiger partial charge in [-0.15, -0.1) is 0 Å². The second-order valence-electron chi connectivity index (χ2n) is 4.94. The molecule has 1 unspecified atom stereocenters. The Morgan fingerprint density at radius 2 is 2.25 bits per heavy atom. The van der Waals surface area contributed by atoms with Crippen LogP contribution in [0.15, 0.2) is 30.3 Å². The number of hydrogen-bond acceptors (Lipinski definition) is 4. The van der Waals surface area contributed by atoms with Gasteiger partial charge in [0.25, 0.3) is 0 Å². The van der Waals surface area contributed by atoms with Gasteiger partial charge in [-0.05, 0) is 24.3 Å². The number of anilines is 1. The van der Waals surface area contributed by atoms with Gasteiger partial charge < -0.3 is 15.2 Å². The number of rotatable bonds is 3. The molecule has 1 aliphatic rings. The average molecular weight is 272 g/mol. The Kier molecular flexibility index (Phi) is 3.52. The number of benzene rings is 1. The van der Waals surface area contributed by atoms with Gasteiger partial charge in [0.05, 0.1) is 12.6 Å². The highest BCUT2D eigenvalue weighted by Gasteiger charge is 2.17. The van der Waals surface area contributed by atoms with Crippen molar-refractivity contribution in [1.82, 2.24) is 4.98 Å². The summed E-state index contributed by atoms with van der Waals surface area (Å²) in [5, 5.41) is 14.3. The highest BCUT2D eigenvalue weighted by atomic mass is 16.5. The largest absolute Gasteiger partial charge is 0.477 e. The zero-order chi connectivity index (χ0) is 13.9. The lowest BCUT2D eigenvalue weighted by molar-refractivity contribution is 0.0691. The fourth-order valence-electron chi connectivity index (χ4n) is 2.47. The van der Waals surface area contributed by atoms with Crippen LogP contribution < -0.4 is 5.32 Å². The Bertz CT molecular complexity index is 636. The predicted molar refractivity (Wildman–Crippen MR) is 76.2 cm³/mol. The molecule has 2 heterocycles. The van der Waals surface area contributed by atoms with E-state index in [1.807, 2.05) is 24.3 Å². The van der Waals surface area contributed by atoms with E-state index in [2.05, 4.69) is 10.3 Å². The maximum Gasteiger partial charge on any atom is 0.354 e. The molecule has 0 bridgehead atoms. The van der Waals surface area contributed by atoms with Crippen LogP contribution in [0, 0.1) is 0 Å². The van der Waals surface area contributed by atoms with E-state index in [4.69, 9.17) is 9.84 Å². The number of carbonyl (C=O) groups is 1. The smallest absolute Gasteiger partial charge is 0.354 e. The van der Waals surface area contributed by atoms with Crippen molar-refractivity contribution in [2.24, 2.45) is 0 Å². The van der Waals surface area contributed by atoms with Crippen LogP contribution >= 0.6 is 0 Å². The molecule has 1 atom stereocenters. The number of fused-ring (bicyclic) bond motifs is 1. The highest BCUT2D eigenvalue weighted by molar-refractivity contribution is 5.97. The Labute approximate surface area is 116 Å². The zero-order valence-electron chi connectivity index (χ0n) is 11.0. The highest BCUT2D eigenvalue weighted by Crippen LogP contribution is 2.24. The van der Waals surface area contributed by atoms with Gasteiger partial charge in [-0.1, -0.05) is 24.3 Å². The SMILES string of the molecule is O=C(O)c1cc2ccccc2c(NC2CCCOC2)n1. The minimum absolute atomic E-state index is 0.0583. The van der Waals surface area contributed by atoms with Gasteiger partial charge >= 0.3 is 5.97 Å². The molecule has 1 aromatic carbocycles. The van der Waals surface area contributed by atoms with E-state index in [-0.39, 0.29) is 11.7 Å². The molecule has 0 radical (unpaired) electrons. The van der Waals surface area contributed by atoms with Gasteiger partial charge in [0.15, 0.2) is 5.69 Å². The number of aromatic nitrogens is 1. The first-order chi connectivity index (χ1) is 9.74. The molecule has 2 N–H and O–H groups in total. The summed E-state index contributed by atoms with van der Waals surface area (Å²) in [6, 6.07) is 9.43. The maximum atomic E-state index is 11.2. The number of pyridine rings is 1. The molecule has 0 aliphatic carbocycles. The predicted octanol–water partition coefficient (Wildman–Crippen LogP) is 2.52. The summed E-state index contributed by atoms with van der Waals surface area (Å²) in [4.78, 5) is 15.4. The molecule has 0 spiro atoms. The van der Waals surface area contributed by atoms with Crippen LogP contribution in [0.2, 0.25) is 0 Å². The molecule has 2 aromatic rings. The Balaban J connectivity index is 2.00. The van der Waals surface area contributed by atoms with Gasteiger partial charge in [-0.2, -0.15) is 0 Å². The lowest BCUT2D eigenvalue weighted by atomic mass is 10.1. The fraction of sp³-hybridized carbons (Fsp3) is 0.333. The lowest BCUT2D eigenvalue weighted by Gasteiger charge is -2.24. The summed E-state index contributed by atoms with van der Waals surface area (Å²) in [5.74, 6) is -0.394. The van der Waals surface area contributed by atoms with Crippen molar-refractivity contribution >= 4 is 22.6 Å². The molecule has 20 heavy (non-hydrogen) atoms. The van der Waals surface area contributed by atoms with Crippen LogP contribution in [0.4, 0.5) is 5.82 Å². The maximum absolute atomic E-state index is 11.2. The van der Waals surface area contributed by atoms with Gasteiger partial charge in [0, 0.05) is 12.0 Å². The molecule has 5 heteroatoms. The van der Waals surface area contributed by atoms with Crippen molar-refractivity contribution < 1.29 is 14.6 Å². The third-order valence-corrected chi connectivity index (χ3v) is 3.46. The van der Waals surface area contributed by atoms with Gasteiger partial charge in [0.1, 0.15) is 5.82 Å². The molecule has 5 nitrogen and oxygen atoms in total.